The van der Waals surface area contributed by atoms with E-state index in [1.807, 2.05) is 37.3 Å². The highest BCUT2D eigenvalue weighted by Gasteiger charge is 2.44. The molecule has 22 heavy (non-hydrogen) atoms. The Hall–Kier alpha value is -2.37. The molecule has 0 aliphatic carbocycles. The van der Waals surface area contributed by atoms with Crippen LogP contribution in [0.4, 0.5) is 4.79 Å². The molecule has 1 aromatic carbocycles. The zero-order valence-corrected chi connectivity index (χ0v) is 13.1. The summed E-state index contributed by atoms with van der Waals surface area (Å²) in [6.07, 6.45) is 0. The number of benzene rings is 1. The van der Waals surface area contributed by atoms with E-state index in [0.29, 0.717) is 6.54 Å². The van der Waals surface area contributed by atoms with Crippen molar-refractivity contribution in [3.63, 3.8) is 0 Å². The minimum Gasteiger partial charge on any atom is -0.354 e. The second-order valence-corrected chi connectivity index (χ2v) is 6.06. The zero-order chi connectivity index (χ0) is 16.3. The van der Waals surface area contributed by atoms with Gasteiger partial charge in [-0.1, -0.05) is 37.3 Å². The molecule has 0 spiro atoms. The lowest BCUT2D eigenvalue weighted by Crippen LogP contribution is -2.43. The Kier molecular flexibility index (Phi) is 4.49. The molecular weight excluding hydrogens is 282 g/mol. The van der Waals surface area contributed by atoms with E-state index in [4.69, 9.17) is 0 Å². The summed E-state index contributed by atoms with van der Waals surface area (Å²) in [5.41, 5.74) is 0.174. The first-order valence-corrected chi connectivity index (χ1v) is 7.27. The molecule has 6 nitrogen and oxygen atoms in total. The van der Waals surface area contributed by atoms with Crippen LogP contribution < -0.4 is 10.6 Å². The van der Waals surface area contributed by atoms with E-state index in [-0.39, 0.29) is 24.3 Å². The maximum atomic E-state index is 12.0. The maximum absolute atomic E-state index is 12.0. The summed E-state index contributed by atoms with van der Waals surface area (Å²) in [6, 6.07) is 9.30. The fourth-order valence-electron chi connectivity index (χ4n) is 2.33. The van der Waals surface area contributed by atoms with E-state index in [1.165, 1.54) is 0 Å². The fourth-order valence-corrected chi connectivity index (χ4v) is 2.33. The SMILES string of the molecule is C[C@H](CNC(=O)CN1C(=O)NC(C)(C)C1=O)c1ccccc1. The molecule has 0 radical (unpaired) electrons. The molecule has 1 aliphatic rings. The lowest BCUT2D eigenvalue weighted by molar-refractivity contribution is -0.134. The largest absolute Gasteiger partial charge is 0.354 e. The van der Waals surface area contributed by atoms with E-state index in [0.717, 1.165) is 10.5 Å². The number of hydrogen-bond acceptors (Lipinski definition) is 3. The first-order chi connectivity index (χ1) is 10.3. The predicted octanol–water partition coefficient (Wildman–Crippen LogP) is 1.24. The zero-order valence-electron chi connectivity index (χ0n) is 13.1. The number of nitrogens with one attached hydrogen (secondary N) is 2. The van der Waals surface area contributed by atoms with Crippen molar-refractivity contribution in [3.05, 3.63) is 35.9 Å². The molecule has 118 valence electrons. The van der Waals surface area contributed by atoms with Gasteiger partial charge in [0, 0.05) is 6.54 Å². The third kappa shape index (κ3) is 3.44. The van der Waals surface area contributed by atoms with Crippen LogP contribution in [-0.2, 0) is 9.59 Å². The van der Waals surface area contributed by atoms with Crippen LogP contribution in [0.3, 0.4) is 0 Å². The molecule has 1 atom stereocenters. The Balaban J connectivity index is 1.86. The van der Waals surface area contributed by atoms with Crippen LogP contribution in [0.2, 0.25) is 0 Å². The van der Waals surface area contributed by atoms with Gasteiger partial charge in [-0.3, -0.25) is 14.5 Å². The highest BCUT2D eigenvalue weighted by molar-refractivity contribution is 6.08. The standard InChI is InChI=1S/C16H21N3O3/c1-11(12-7-5-4-6-8-12)9-17-13(20)10-19-14(21)16(2,3)18-15(19)22/h4-8,11H,9-10H2,1-3H3,(H,17,20)(H,18,22)/t11-/m1/s1. The second-order valence-electron chi connectivity index (χ2n) is 6.06. The van der Waals surface area contributed by atoms with Gasteiger partial charge in [0.15, 0.2) is 0 Å². The summed E-state index contributed by atoms with van der Waals surface area (Å²) in [5.74, 6) is -0.572. The molecule has 1 fully saturated rings. The molecule has 1 aliphatic heterocycles. The Labute approximate surface area is 129 Å². The van der Waals surface area contributed by atoms with Crippen molar-refractivity contribution in [1.82, 2.24) is 15.5 Å². The normalized spacial score (nSPS) is 18.0. The fraction of sp³-hybridized carbons (Fsp3) is 0.438. The van der Waals surface area contributed by atoms with Crippen LogP contribution in [0.25, 0.3) is 0 Å². The van der Waals surface area contributed by atoms with Gasteiger partial charge in [0.1, 0.15) is 12.1 Å². The third-order valence-corrected chi connectivity index (χ3v) is 3.72. The monoisotopic (exact) mass is 303 g/mol. The number of urea groups is 1. The molecule has 4 amide bonds. The first-order valence-electron chi connectivity index (χ1n) is 7.27. The van der Waals surface area contributed by atoms with E-state index >= 15 is 0 Å². The number of nitrogens with zero attached hydrogens (tertiary/aromatic N) is 1. The number of rotatable bonds is 5. The Bertz CT molecular complexity index is 584. The summed E-state index contributed by atoms with van der Waals surface area (Å²) in [7, 11) is 0. The molecule has 0 aromatic heterocycles. The van der Waals surface area contributed by atoms with Crippen molar-refractivity contribution >= 4 is 17.8 Å². The molecule has 0 unspecified atom stereocenters. The van der Waals surface area contributed by atoms with Crippen molar-refractivity contribution in [1.29, 1.82) is 0 Å². The van der Waals surface area contributed by atoms with Gasteiger partial charge in [0.05, 0.1) is 0 Å². The summed E-state index contributed by atoms with van der Waals surface area (Å²) < 4.78 is 0. The first kappa shape index (κ1) is 16.0. The topological polar surface area (TPSA) is 78.5 Å². The van der Waals surface area contributed by atoms with Crippen LogP contribution in [0.5, 0.6) is 0 Å². The van der Waals surface area contributed by atoms with Gasteiger partial charge in [-0.05, 0) is 25.3 Å². The van der Waals surface area contributed by atoms with Crippen molar-refractivity contribution in [2.45, 2.75) is 32.2 Å². The molecule has 0 bridgehead atoms. The maximum Gasteiger partial charge on any atom is 0.325 e. The molecule has 6 heteroatoms. The van der Waals surface area contributed by atoms with E-state index < -0.39 is 11.6 Å². The average molecular weight is 303 g/mol. The molecule has 2 rings (SSSR count). The highest BCUT2D eigenvalue weighted by Crippen LogP contribution is 2.16. The number of imide groups is 1. The molecule has 1 saturated heterocycles. The third-order valence-electron chi connectivity index (χ3n) is 3.72. The van der Waals surface area contributed by atoms with E-state index in [1.54, 1.807) is 13.8 Å². The van der Waals surface area contributed by atoms with Gasteiger partial charge in [-0.2, -0.15) is 0 Å². The van der Waals surface area contributed by atoms with Crippen molar-refractivity contribution in [3.8, 4) is 0 Å². The van der Waals surface area contributed by atoms with Crippen molar-refractivity contribution in [2.75, 3.05) is 13.1 Å². The molecule has 1 heterocycles. The van der Waals surface area contributed by atoms with Crippen LogP contribution in [0.15, 0.2) is 30.3 Å². The van der Waals surface area contributed by atoms with Gasteiger partial charge in [0.2, 0.25) is 5.91 Å². The van der Waals surface area contributed by atoms with Crippen molar-refractivity contribution in [2.24, 2.45) is 0 Å². The Morgan fingerprint density at radius 3 is 2.45 bits per heavy atom. The van der Waals surface area contributed by atoms with E-state index in [9.17, 15) is 14.4 Å². The number of hydrogen-bond donors (Lipinski definition) is 2. The number of amides is 4. The van der Waals surface area contributed by atoms with Gasteiger partial charge < -0.3 is 10.6 Å². The average Bonchev–Trinajstić information content (AvgIpc) is 2.67. The summed E-state index contributed by atoms with van der Waals surface area (Å²) in [4.78, 5) is 36.6. The Morgan fingerprint density at radius 1 is 1.27 bits per heavy atom. The number of carbonyl (C=O) groups excluding carboxylic acids is 3. The lowest BCUT2D eigenvalue weighted by Gasteiger charge is -2.17. The van der Waals surface area contributed by atoms with Gasteiger partial charge in [-0.15, -0.1) is 0 Å². The molecule has 1 aromatic rings. The van der Waals surface area contributed by atoms with Gasteiger partial charge >= 0.3 is 6.03 Å². The molecular formula is C16H21N3O3. The van der Waals surface area contributed by atoms with Crippen LogP contribution in [0.1, 0.15) is 32.3 Å². The smallest absolute Gasteiger partial charge is 0.325 e. The Morgan fingerprint density at radius 2 is 1.91 bits per heavy atom. The lowest BCUT2D eigenvalue weighted by atomic mass is 10.0. The summed E-state index contributed by atoms with van der Waals surface area (Å²) in [6.45, 7) is 5.43. The minimum absolute atomic E-state index is 0.157. The highest BCUT2D eigenvalue weighted by atomic mass is 16.2. The van der Waals surface area contributed by atoms with Crippen LogP contribution in [-0.4, -0.2) is 41.4 Å². The van der Waals surface area contributed by atoms with E-state index in [2.05, 4.69) is 10.6 Å². The second kappa shape index (κ2) is 6.17. The quantitative estimate of drug-likeness (QED) is 0.803. The minimum atomic E-state index is -0.950. The summed E-state index contributed by atoms with van der Waals surface area (Å²) in [5, 5.41) is 5.31. The van der Waals surface area contributed by atoms with Crippen LogP contribution in [0, 0.1) is 0 Å². The molecule has 2 N–H and O–H groups in total. The predicted molar refractivity (Wildman–Crippen MR) is 82.2 cm³/mol. The summed E-state index contributed by atoms with van der Waals surface area (Å²) >= 11 is 0. The van der Waals surface area contributed by atoms with Crippen LogP contribution >= 0.6 is 0 Å². The molecule has 0 saturated carbocycles. The van der Waals surface area contributed by atoms with Gasteiger partial charge in [0.25, 0.3) is 5.91 Å². The number of carbonyl (C=O) groups is 3. The van der Waals surface area contributed by atoms with Gasteiger partial charge in [-0.25, -0.2) is 4.79 Å². The van der Waals surface area contributed by atoms with Crippen molar-refractivity contribution < 1.29 is 14.4 Å².